The first-order chi connectivity index (χ1) is 4.61. The van der Waals surface area contributed by atoms with Crippen LogP contribution < -0.4 is 0 Å². The first-order valence-corrected chi connectivity index (χ1v) is 5.26. The van der Waals surface area contributed by atoms with E-state index in [0.717, 1.165) is 14.9 Å². The van der Waals surface area contributed by atoms with Crippen molar-refractivity contribution >= 4 is 22.5 Å². The Morgan fingerprint density at radius 1 is 1.50 bits per heavy atom. The molecule has 0 radical (unpaired) electrons. The van der Waals surface area contributed by atoms with Gasteiger partial charge in [0.1, 0.15) is 11.9 Å². The van der Waals surface area contributed by atoms with Gasteiger partial charge in [0.25, 0.3) is 0 Å². The lowest BCUT2D eigenvalue weighted by Gasteiger charge is -1.98. The van der Waals surface area contributed by atoms with E-state index >= 15 is 0 Å². The molecule has 0 aliphatic heterocycles. The number of hydrogen-bond acceptors (Lipinski definition) is 3. The Balaban J connectivity index is 3.03. The molecule has 56 valence electrons. The maximum absolute atomic E-state index is 11.0. The number of rotatable bonds is 1. The van der Waals surface area contributed by atoms with Gasteiger partial charge in [0.15, 0.2) is 0 Å². The highest BCUT2D eigenvalue weighted by Crippen LogP contribution is 2.21. The molecule has 0 bridgehead atoms. The normalized spacial score (nSPS) is 13.6. The highest BCUT2D eigenvalue weighted by Gasteiger charge is 2.12. The number of aryl methyl sites for hydroxylation is 2. The van der Waals surface area contributed by atoms with E-state index in [1.54, 1.807) is 6.26 Å². The van der Waals surface area contributed by atoms with Crippen LogP contribution >= 0.6 is 11.3 Å². The van der Waals surface area contributed by atoms with Crippen LogP contribution in [-0.4, -0.2) is 15.8 Å². The molecule has 0 aromatic carbocycles. The molecule has 0 saturated heterocycles. The molecule has 0 saturated carbocycles. The molecule has 0 spiro atoms. The first kappa shape index (κ1) is 8.04. The maximum Gasteiger partial charge on any atom is 0.229 e. The van der Waals surface area contributed by atoms with Gasteiger partial charge in [0.05, 0.1) is 5.01 Å². The Kier molecular flexibility index (Phi) is 2.33. The van der Waals surface area contributed by atoms with Crippen LogP contribution in [0.4, 0.5) is 0 Å². The molecule has 1 atom stereocenters. The second-order valence-electron chi connectivity index (χ2n) is 2.06. The van der Waals surface area contributed by atoms with Crippen LogP contribution in [-0.2, 0) is 11.2 Å². The van der Waals surface area contributed by atoms with Crippen LogP contribution in [0.3, 0.4) is 0 Å². The minimum absolute atomic E-state index is 0.864. The number of hydrogen-bond donors (Lipinski definition) is 0. The Hall–Kier alpha value is -0.0600. The lowest BCUT2D eigenvalue weighted by atomic mass is 10.6. The number of thiazole rings is 1. The van der Waals surface area contributed by atoms with Gasteiger partial charge >= 0.3 is 0 Å². The highest BCUT2D eigenvalue weighted by molar-refractivity contribution is 7.92. The van der Waals surface area contributed by atoms with Gasteiger partial charge in [0.2, 0.25) is 4.21 Å². The second kappa shape index (κ2) is 2.90. The van der Waals surface area contributed by atoms with E-state index in [4.69, 9.17) is 0 Å². The van der Waals surface area contributed by atoms with Gasteiger partial charge in [-0.1, -0.05) is 11.3 Å². The zero-order valence-corrected chi connectivity index (χ0v) is 7.80. The molecular formula is C6H9NOS2. The Morgan fingerprint density at radius 2 is 2.10 bits per heavy atom. The average Bonchev–Trinajstić information content (AvgIpc) is 2.10. The Morgan fingerprint density at radius 3 is 2.30 bits per heavy atom. The molecule has 4 heteroatoms. The lowest BCUT2D eigenvalue weighted by Crippen LogP contribution is -1.95. The van der Waals surface area contributed by atoms with Crippen molar-refractivity contribution in [3.63, 3.8) is 0 Å². The summed E-state index contributed by atoms with van der Waals surface area (Å²) >= 11 is 0.648. The molecule has 1 aromatic heterocycles. The van der Waals surface area contributed by atoms with Gasteiger partial charge in [-0.2, -0.15) is 0 Å². The second-order valence-corrected chi connectivity index (χ2v) is 4.84. The van der Waals surface area contributed by atoms with E-state index in [9.17, 15) is 4.55 Å². The summed E-state index contributed by atoms with van der Waals surface area (Å²) in [6.45, 7) is 3.81. The van der Waals surface area contributed by atoms with Crippen LogP contribution in [0.25, 0.3) is 0 Å². The predicted molar refractivity (Wildman–Crippen MR) is 43.9 cm³/mol. The fraction of sp³-hybridized carbons (Fsp3) is 0.500. The third-order valence-electron chi connectivity index (χ3n) is 1.12. The summed E-state index contributed by atoms with van der Waals surface area (Å²) in [4.78, 5) is 4.16. The summed E-state index contributed by atoms with van der Waals surface area (Å²) in [5.41, 5.74) is 0.906. The summed E-state index contributed by atoms with van der Waals surface area (Å²) in [7, 11) is 0. The largest absolute Gasteiger partial charge is 0.611 e. The first-order valence-electron chi connectivity index (χ1n) is 2.88. The SMILES string of the molecule is Cc1nc(C)c([S+](C)[O-])s1. The smallest absolute Gasteiger partial charge is 0.229 e. The predicted octanol–water partition coefficient (Wildman–Crippen LogP) is 1.50. The van der Waals surface area contributed by atoms with Gasteiger partial charge in [0, 0.05) is 0 Å². The van der Waals surface area contributed by atoms with Crippen molar-refractivity contribution in [3.05, 3.63) is 10.7 Å². The molecule has 10 heavy (non-hydrogen) atoms. The summed E-state index contributed by atoms with van der Waals surface area (Å²) in [5, 5.41) is 0.989. The van der Waals surface area contributed by atoms with E-state index in [2.05, 4.69) is 4.98 Å². The molecule has 2 nitrogen and oxygen atoms in total. The van der Waals surface area contributed by atoms with Gasteiger partial charge in [-0.15, -0.1) is 0 Å². The van der Waals surface area contributed by atoms with Crippen molar-refractivity contribution in [3.8, 4) is 0 Å². The summed E-state index contributed by atoms with van der Waals surface area (Å²) < 4.78 is 11.9. The minimum Gasteiger partial charge on any atom is -0.611 e. The maximum atomic E-state index is 11.0. The molecule has 0 aliphatic rings. The van der Waals surface area contributed by atoms with Crippen LogP contribution in [0.5, 0.6) is 0 Å². The van der Waals surface area contributed by atoms with Crippen molar-refractivity contribution in [2.75, 3.05) is 6.26 Å². The monoisotopic (exact) mass is 175 g/mol. The van der Waals surface area contributed by atoms with E-state index in [0.29, 0.717) is 0 Å². The minimum atomic E-state index is -0.864. The van der Waals surface area contributed by atoms with Crippen LogP contribution in [0, 0.1) is 13.8 Å². The third-order valence-corrected chi connectivity index (χ3v) is 3.76. The zero-order valence-electron chi connectivity index (χ0n) is 6.17. The van der Waals surface area contributed by atoms with Crippen molar-refractivity contribution in [2.45, 2.75) is 18.1 Å². The third kappa shape index (κ3) is 1.51. The van der Waals surface area contributed by atoms with E-state index in [1.807, 2.05) is 13.8 Å². The van der Waals surface area contributed by atoms with Crippen molar-refractivity contribution in [1.29, 1.82) is 0 Å². The van der Waals surface area contributed by atoms with Crippen molar-refractivity contribution in [1.82, 2.24) is 4.98 Å². The van der Waals surface area contributed by atoms with Gasteiger partial charge in [-0.3, -0.25) is 0 Å². The molecule has 1 unspecified atom stereocenters. The average molecular weight is 175 g/mol. The quantitative estimate of drug-likeness (QED) is 0.606. The van der Waals surface area contributed by atoms with E-state index < -0.39 is 11.2 Å². The molecule has 1 aromatic rings. The molecule has 1 rings (SSSR count). The molecule has 0 amide bonds. The van der Waals surface area contributed by atoms with Crippen LogP contribution in [0.1, 0.15) is 10.7 Å². The van der Waals surface area contributed by atoms with Crippen LogP contribution in [0.15, 0.2) is 4.21 Å². The van der Waals surface area contributed by atoms with E-state index in [1.165, 1.54) is 11.3 Å². The molecule has 1 heterocycles. The van der Waals surface area contributed by atoms with E-state index in [-0.39, 0.29) is 0 Å². The molecular weight excluding hydrogens is 166 g/mol. The summed E-state index contributed by atoms with van der Waals surface area (Å²) in [6, 6.07) is 0. The van der Waals surface area contributed by atoms with Gasteiger partial charge in [-0.05, 0) is 25.0 Å². The van der Waals surface area contributed by atoms with Crippen molar-refractivity contribution in [2.24, 2.45) is 0 Å². The molecule has 0 fully saturated rings. The standard InChI is InChI=1S/C6H9NOS2/c1-4-6(10(3)8)9-5(2)7-4/h1-3H3. The van der Waals surface area contributed by atoms with Gasteiger partial charge < -0.3 is 4.55 Å². The topological polar surface area (TPSA) is 36.0 Å². The summed E-state index contributed by atoms with van der Waals surface area (Å²) in [6.07, 6.45) is 1.68. The lowest BCUT2D eigenvalue weighted by molar-refractivity contribution is 0.602. The summed E-state index contributed by atoms with van der Waals surface area (Å²) in [5.74, 6) is 0. The Labute approximate surface area is 67.5 Å². The number of nitrogens with zero attached hydrogens (tertiary/aromatic N) is 1. The fourth-order valence-electron chi connectivity index (χ4n) is 0.779. The highest BCUT2D eigenvalue weighted by atomic mass is 32.2. The fourth-order valence-corrected chi connectivity index (χ4v) is 2.72. The Bertz CT molecular complexity index is 232. The van der Waals surface area contributed by atoms with Crippen molar-refractivity contribution < 1.29 is 4.55 Å². The molecule has 0 N–H and O–H groups in total. The number of aromatic nitrogens is 1. The van der Waals surface area contributed by atoms with Gasteiger partial charge in [-0.25, -0.2) is 4.98 Å². The van der Waals surface area contributed by atoms with Crippen LogP contribution in [0.2, 0.25) is 0 Å². The zero-order chi connectivity index (χ0) is 7.72. The molecule has 0 aliphatic carbocycles.